The lowest BCUT2D eigenvalue weighted by atomic mass is 9.78. The molecule has 1 unspecified atom stereocenters. The number of allylic oxidation sites excluding steroid dienone is 2. The maximum Gasteiger partial charge on any atom is 0.0230 e. The highest BCUT2D eigenvalue weighted by Crippen LogP contribution is 2.40. The van der Waals surface area contributed by atoms with Gasteiger partial charge >= 0.3 is 0 Å². The number of rotatable bonds is 4. The maximum atomic E-state index is 2.46. The quantitative estimate of drug-likeness (QED) is 0.548. The van der Waals surface area contributed by atoms with Crippen LogP contribution in [0.25, 0.3) is 5.57 Å². The molecule has 1 aliphatic carbocycles. The van der Waals surface area contributed by atoms with Gasteiger partial charge in [0.15, 0.2) is 0 Å². The number of likely N-dealkylation sites (N-methyl/N-ethyl adjacent to an activating group) is 1. The average Bonchev–Trinajstić information content (AvgIpc) is 3.04. The first-order chi connectivity index (χ1) is 13.4. The van der Waals surface area contributed by atoms with Crippen molar-refractivity contribution in [3.05, 3.63) is 88.5 Å². The van der Waals surface area contributed by atoms with Gasteiger partial charge in [0.2, 0.25) is 0 Å². The van der Waals surface area contributed by atoms with Crippen molar-refractivity contribution in [2.75, 3.05) is 20.6 Å². The third kappa shape index (κ3) is 5.08. The minimum atomic E-state index is 0.124. The predicted molar refractivity (Wildman–Crippen MR) is 128 cm³/mol. The molecule has 29 heavy (non-hydrogen) atoms. The van der Waals surface area contributed by atoms with Gasteiger partial charge in [-0.3, -0.25) is 0 Å². The van der Waals surface area contributed by atoms with Crippen molar-refractivity contribution in [2.24, 2.45) is 0 Å². The Morgan fingerprint density at radius 3 is 1.79 bits per heavy atom. The second-order valence-electron chi connectivity index (χ2n) is 10.7. The van der Waals surface area contributed by atoms with Crippen molar-refractivity contribution in [2.45, 2.75) is 58.3 Å². The summed E-state index contributed by atoms with van der Waals surface area (Å²) in [5.74, 6) is 0.345. The molecule has 0 saturated heterocycles. The van der Waals surface area contributed by atoms with E-state index in [1.165, 1.54) is 33.4 Å². The minimum Gasteiger partial charge on any atom is -0.305 e. The average molecular weight is 388 g/mol. The van der Waals surface area contributed by atoms with Gasteiger partial charge in [-0.25, -0.2) is 0 Å². The Kier molecular flexibility index (Phi) is 5.92. The minimum absolute atomic E-state index is 0.124. The lowest BCUT2D eigenvalue weighted by molar-refractivity contribution is 0.450. The third-order valence-corrected chi connectivity index (χ3v) is 5.72. The van der Waals surface area contributed by atoms with Gasteiger partial charge in [-0.15, -0.1) is 0 Å². The summed E-state index contributed by atoms with van der Waals surface area (Å²) in [7, 11) is 4.31. The molecule has 154 valence electrons. The van der Waals surface area contributed by atoms with E-state index in [4.69, 9.17) is 0 Å². The normalized spacial score (nSPS) is 17.5. The molecule has 0 saturated carbocycles. The molecule has 2 aromatic carbocycles. The van der Waals surface area contributed by atoms with E-state index in [2.05, 4.69) is 121 Å². The zero-order valence-electron chi connectivity index (χ0n) is 19.5. The summed E-state index contributed by atoms with van der Waals surface area (Å²) in [6.45, 7) is 14.8. The van der Waals surface area contributed by atoms with Crippen LogP contribution in [-0.2, 0) is 10.8 Å². The van der Waals surface area contributed by atoms with Gasteiger partial charge in [0.25, 0.3) is 0 Å². The summed E-state index contributed by atoms with van der Waals surface area (Å²) in [6.07, 6.45) is 4.91. The summed E-state index contributed by atoms with van der Waals surface area (Å²) < 4.78 is 0. The largest absolute Gasteiger partial charge is 0.305 e. The third-order valence-electron chi connectivity index (χ3n) is 5.72. The monoisotopic (exact) mass is 387 g/mol. The standard InChI is InChI=1S/C28H37N/c1-27(2,3)24-15-22(16-25(18-24)28(4,5)6)26-17-21(14-23(26)19-29(7)8)20-12-10-9-11-13-20/h9-18,21H,19H2,1-8H3. The fourth-order valence-electron chi connectivity index (χ4n) is 3.92. The Balaban J connectivity index is 2.14. The molecule has 0 fully saturated rings. The topological polar surface area (TPSA) is 3.24 Å². The van der Waals surface area contributed by atoms with Crippen molar-refractivity contribution in [3.63, 3.8) is 0 Å². The molecule has 0 amide bonds. The van der Waals surface area contributed by atoms with Crippen molar-refractivity contribution in [3.8, 4) is 0 Å². The van der Waals surface area contributed by atoms with Crippen LogP contribution in [0.5, 0.6) is 0 Å². The molecular formula is C28H37N. The highest BCUT2D eigenvalue weighted by Gasteiger charge is 2.25. The molecule has 0 aliphatic heterocycles. The SMILES string of the molecule is CN(C)CC1=CC(c2ccccc2)C=C1c1cc(C(C)(C)C)cc(C(C)(C)C)c1. The van der Waals surface area contributed by atoms with E-state index >= 15 is 0 Å². The van der Waals surface area contributed by atoms with E-state index < -0.39 is 0 Å². The van der Waals surface area contributed by atoms with Gasteiger partial charge in [0.05, 0.1) is 0 Å². The van der Waals surface area contributed by atoms with Crippen LogP contribution < -0.4 is 0 Å². The van der Waals surface area contributed by atoms with Gasteiger partial charge in [-0.2, -0.15) is 0 Å². The van der Waals surface area contributed by atoms with Crippen LogP contribution in [0.15, 0.2) is 66.3 Å². The van der Waals surface area contributed by atoms with E-state index in [9.17, 15) is 0 Å². The van der Waals surface area contributed by atoms with E-state index in [0.717, 1.165) is 6.54 Å². The van der Waals surface area contributed by atoms with Crippen LogP contribution in [0.2, 0.25) is 0 Å². The summed E-state index contributed by atoms with van der Waals surface area (Å²) in [5.41, 5.74) is 8.61. The van der Waals surface area contributed by atoms with Crippen LogP contribution >= 0.6 is 0 Å². The molecule has 1 aliphatic rings. The summed E-state index contributed by atoms with van der Waals surface area (Å²) in [6, 6.07) is 18.1. The van der Waals surface area contributed by atoms with Gasteiger partial charge < -0.3 is 4.90 Å². The fourth-order valence-corrected chi connectivity index (χ4v) is 3.92. The van der Waals surface area contributed by atoms with Crippen LogP contribution in [-0.4, -0.2) is 25.5 Å². The van der Waals surface area contributed by atoms with E-state index in [1.807, 2.05) is 0 Å². The molecule has 0 bridgehead atoms. The molecule has 2 aromatic rings. The fraction of sp³-hybridized carbons (Fsp3) is 0.429. The van der Waals surface area contributed by atoms with Gasteiger partial charge in [-0.05, 0) is 58.3 Å². The van der Waals surface area contributed by atoms with Crippen LogP contribution in [0, 0.1) is 0 Å². The van der Waals surface area contributed by atoms with Crippen LogP contribution in [0.1, 0.15) is 69.7 Å². The molecule has 1 nitrogen and oxygen atoms in total. The molecule has 3 rings (SSSR count). The molecule has 0 spiro atoms. The van der Waals surface area contributed by atoms with Gasteiger partial charge in [-0.1, -0.05) is 102 Å². The molecule has 0 radical (unpaired) electrons. The molecule has 1 heteroatoms. The zero-order chi connectivity index (χ0) is 21.4. The zero-order valence-corrected chi connectivity index (χ0v) is 19.5. The first kappa shape index (κ1) is 21.6. The Morgan fingerprint density at radius 1 is 0.759 bits per heavy atom. The van der Waals surface area contributed by atoms with Crippen molar-refractivity contribution < 1.29 is 0 Å². The Labute approximate surface area is 178 Å². The summed E-state index contributed by atoms with van der Waals surface area (Å²) >= 11 is 0. The maximum absolute atomic E-state index is 2.46. The first-order valence-electron chi connectivity index (χ1n) is 10.7. The van der Waals surface area contributed by atoms with E-state index in [1.54, 1.807) is 0 Å². The first-order valence-corrected chi connectivity index (χ1v) is 10.7. The Morgan fingerprint density at radius 2 is 1.31 bits per heavy atom. The van der Waals surface area contributed by atoms with Gasteiger partial charge in [0.1, 0.15) is 0 Å². The van der Waals surface area contributed by atoms with Crippen molar-refractivity contribution >= 4 is 5.57 Å². The van der Waals surface area contributed by atoms with E-state index in [0.29, 0.717) is 5.92 Å². The van der Waals surface area contributed by atoms with Crippen LogP contribution in [0.3, 0.4) is 0 Å². The number of hydrogen-bond donors (Lipinski definition) is 0. The van der Waals surface area contributed by atoms with Gasteiger partial charge in [0, 0.05) is 12.5 Å². The number of hydrogen-bond acceptors (Lipinski definition) is 1. The van der Waals surface area contributed by atoms with Crippen LogP contribution in [0.4, 0.5) is 0 Å². The lowest BCUT2D eigenvalue weighted by Gasteiger charge is -2.27. The Bertz CT molecular complexity index is 883. The summed E-state index contributed by atoms with van der Waals surface area (Å²) in [5, 5.41) is 0. The Hall–Kier alpha value is -2.12. The highest BCUT2D eigenvalue weighted by molar-refractivity contribution is 5.84. The smallest absolute Gasteiger partial charge is 0.0230 e. The molecule has 1 atom stereocenters. The lowest BCUT2D eigenvalue weighted by Crippen LogP contribution is -2.18. The molecule has 0 N–H and O–H groups in total. The van der Waals surface area contributed by atoms with Crippen molar-refractivity contribution in [1.82, 2.24) is 4.90 Å². The summed E-state index contributed by atoms with van der Waals surface area (Å²) in [4.78, 5) is 2.27. The molecular weight excluding hydrogens is 350 g/mol. The molecule has 0 aromatic heterocycles. The van der Waals surface area contributed by atoms with Crippen molar-refractivity contribution in [1.29, 1.82) is 0 Å². The second-order valence-corrected chi connectivity index (χ2v) is 10.7. The number of benzene rings is 2. The highest BCUT2D eigenvalue weighted by atomic mass is 15.0. The molecule has 0 heterocycles. The predicted octanol–water partition coefficient (Wildman–Crippen LogP) is 6.95. The van der Waals surface area contributed by atoms with E-state index in [-0.39, 0.29) is 10.8 Å². The second kappa shape index (κ2) is 7.95. The number of nitrogens with zero attached hydrogens (tertiary/aromatic N) is 1.